The van der Waals surface area contributed by atoms with Crippen molar-refractivity contribution in [3.63, 3.8) is 0 Å². The SMILES string of the molecule is CC1CCC(C(C)C)C(OC(=O)[C@@H](NC(=O)c2ccccc2)C(C)C)C1. The Bertz CT molecular complexity index is 597. The summed E-state index contributed by atoms with van der Waals surface area (Å²) in [5.74, 6) is 0.866. The van der Waals surface area contributed by atoms with Gasteiger partial charge >= 0.3 is 5.97 Å². The predicted octanol–water partition coefficient (Wildman–Crippen LogP) is 4.45. The topological polar surface area (TPSA) is 55.4 Å². The molecule has 2 rings (SSSR count). The van der Waals surface area contributed by atoms with Crippen LogP contribution in [0.5, 0.6) is 0 Å². The van der Waals surface area contributed by atoms with E-state index in [0.717, 1.165) is 12.8 Å². The molecule has 1 aromatic carbocycles. The number of esters is 1. The Morgan fingerprint density at radius 1 is 1.08 bits per heavy atom. The van der Waals surface area contributed by atoms with Crippen molar-refractivity contribution in [2.45, 2.75) is 66.0 Å². The van der Waals surface area contributed by atoms with Gasteiger partial charge in [-0.2, -0.15) is 0 Å². The Labute approximate surface area is 157 Å². The summed E-state index contributed by atoms with van der Waals surface area (Å²) in [6.45, 7) is 10.5. The van der Waals surface area contributed by atoms with E-state index in [4.69, 9.17) is 4.74 Å². The quantitative estimate of drug-likeness (QED) is 0.764. The van der Waals surface area contributed by atoms with E-state index in [-0.39, 0.29) is 23.9 Å². The molecule has 0 aromatic heterocycles. The number of rotatable bonds is 6. The lowest BCUT2D eigenvalue weighted by Gasteiger charge is -2.37. The highest BCUT2D eigenvalue weighted by Gasteiger charge is 2.36. The van der Waals surface area contributed by atoms with Crippen LogP contribution in [0.4, 0.5) is 0 Å². The van der Waals surface area contributed by atoms with Gasteiger partial charge < -0.3 is 10.1 Å². The van der Waals surface area contributed by atoms with Crippen molar-refractivity contribution in [1.82, 2.24) is 5.32 Å². The summed E-state index contributed by atoms with van der Waals surface area (Å²) < 4.78 is 5.94. The smallest absolute Gasteiger partial charge is 0.329 e. The van der Waals surface area contributed by atoms with E-state index < -0.39 is 6.04 Å². The molecule has 26 heavy (non-hydrogen) atoms. The molecule has 4 atom stereocenters. The first-order valence-corrected chi connectivity index (χ1v) is 9.86. The van der Waals surface area contributed by atoms with Crippen molar-refractivity contribution < 1.29 is 14.3 Å². The number of carbonyl (C=O) groups excluding carboxylic acids is 2. The van der Waals surface area contributed by atoms with Gasteiger partial charge in [0.2, 0.25) is 0 Å². The second kappa shape index (κ2) is 9.20. The van der Waals surface area contributed by atoms with E-state index in [9.17, 15) is 9.59 Å². The molecule has 0 aliphatic heterocycles. The maximum atomic E-state index is 12.9. The van der Waals surface area contributed by atoms with Crippen LogP contribution in [-0.2, 0) is 9.53 Å². The number of hydrogen-bond acceptors (Lipinski definition) is 3. The number of nitrogens with one attached hydrogen (secondary N) is 1. The third kappa shape index (κ3) is 5.33. The van der Waals surface area contributed by atoms with Crippen LogP contribution >= 0.6 is 0 Å². The molecule has 0 bridgehead atoms. The van der Waals surface area contributed by atoms with Gasteiger partial charge in [0.25, 0.3) is 5.91 Å². The summed E-state index contributed by atoms with van der Waals surface area (Å²) in [4.78, 5) is 25.3. The zero-order valence-electron chi connectivity index (χ0n) is 16.7. The fourth-order valence-electron chi connectivity index (χ4n) is 3.78. The van der Waals surface area contributed by atoms with E-state index in [1.807, 2.05) is 32.0 Å². The van der Waals surface area contributed by atoms with E-state index in [0.29, 0.717) is 23.3 Å². The minimum Gasteiger partial charge on any atom is -0.461 e. The van der Waals surface area contributed by atoms with Gasteiger partial charge in [-0.25, -0.2) is 4.79 Å². The molecule has 1 N–H and O–H groups in total. The number of hydrogen-bond donors (Lipinski definition) is 1. The Morgan fingerprint density at radius 3 is 2.31 bits per heavy atom. The summed E-state index contributed by atoms with van der Waals surface area (Å²) in [6.07, 6.45) is 3.14. The third-order valence-corrected chi connectivity index (χ3v) is 5.47. The van der Waals surface area contributed by atoms with Crippen molar-refractivity contribution in [3.05, 3.63) is 35.9 Å². The highest BCUT2D eigenvalue weighted by Crippen LogP contribution is 2.35. The fourth-order valence-corrected chi connectivity index (χ4v) is 3.78. The molecular formula is C22H33NO3. The number of carbonyl (C=O) groups is 2. The van der Waals surface area contributed by atoms with Crippen LogP contribution in [0.15, 0.2) is 30.3 Å². The zero-order valence-corrected chi connectivity index (χ0v) is 16.7. The van der Waals surface area contributed by atoms with Crippen LogP contribution in [0.1, 0.15) is 64.2 Å². The maximum absolute atomic E-state index is 12.9. The van der Waals surface area contributed by atoms with Crippen LogP contribution in [0.3, 0.4) is 0 Å². The van der Waals surface area contributed by atoms with Crippen LogP contribution in [-0.4, -0.2) is 24.0 Å². The lowest BCUT2D eigenvalue weighted by atomic mass is 9.75. The molecule has 0 radical (unpaired) electrons. The summed E-state index contributed by atoms with van der Waals surface area (Å²) >= 11 is 0. The van der Waals surface area contributed by atoms with Crippen molar-refractivity contribution >= 4 is 11.9 Å². The molecule has 0 saturated heterocycles. The summed E-state index contributed by atoms with van der Waals surface area (Å²) in [7, 11) is 0. The second-order valence-electron chi connectivity index (χ2n) is 8.36. The molecule has 1 aliphatic carbocycles. The molecule has 1 aliphatic rings. The van der Waals surface area contributed by atoms with Gasteiger partial charge in [0.05, 0.1) is 0 Å². The Kier molecular flexibility index (Phi) is 7.24. The summed E-state index contributed by atoms with van der Waals surface area (Å²) in [5, 5.41) is 2.86. The minimum absolute atomic E-state index is 0.0336. The highest BCUT2D eigenvalue weighted by molar-refractivity contribution is 5.96. The van der Waals surface area contributed by atoms with E-state index >= 15 is 0 Å². The predicted molar refractivity (Wildman–Crippen MR) is 104 cm³/mol. The molecule has 0 spiro atoms. The number of ether oxygens (including phenoxy) is 1. The van der Waals surface area contributed by atoms with Crippen molar-refractivity contribution in [1.29, 1.82) is 0 Å². The van der Waals surface area contributed by atoms with Crippen LogP contribution < -0.4 is 5.32 Å². The minimum atomic E-state index is -0.632. The van der Waals surface area contributed by atoms with Gasteiger partial charge in [-0.3, -0.25) is 4.79 Å². The highest BCUT2D eigenvalue weighted by atomic mass is 16.5. The normalized spacial score (nSPS) is 24.3. The average molecular weight is 360 g/mol. The van der Waals surface area contributed by atoms with Crippen LogP contribution in [0.25, 0.3) is 0 Å². The number of benzene rings is 1. The fraction of sp³-hybridized carbons (Fsp3) is 0.636. The largest absolute Gasteiger partial charge is 0.461 e. The van der Waals surface area contributed by atoms with Gasteiger partial charge in [-0.05, 0) is 48.6 Å². The first-order valence-electron chi connectivity index (χ1n) is 9.86. The molecule has 4 nitrogen and oxygen atoms in total. The second-order valence-corrected chi connectivity index (χ2v) is 8.36. The van der Waals surface area contributed by atoms with Gasteiger partial charge in [0.15, 0.2) is 0 Å². The van der Waals surface area contributed by atoms with Gasteiger partial charge in [0.1, 0.15) is 12.1 Å². The molecule has 0 heterocycles. The molecule has 1 fully saturated rings. The van der Waals surface area contributed by atoms with Crippen molar-refractivity contribution in [3.8, 4) is 0 Å². The van der Waals surface area contributed by atoms with Gasteiger partial charge in [-0.1, -0.05) is 59.2 Å². The van der Waals surface area contributed by atoms with Gasteiger partial charge in [-0.15, -0.1) is 0 Å². The molecule has 144 valence electrons. The van der Waals surface area contributed by atoms with E-state index in [2.05, 4.69) is 26.1 Å². The third-order valence-electron chi connectivity index (χ3n) is 5.47. The molecule has 4 heteroatoms. The Balaban J connectivity index is 2.06. The zero-order chi connectivity index (χ0) is 19.3. The lowest BCUT2D eigenvalue weighted by Crippen LogP contribution is -2.48. The van der Waals surface area contributed by atoms with E-state index in [1.165, 1.54) is 6.42 Å². The Morgan fingerprint density at radius 2 is 1.73 bits per heavy atom. The average Bonchev–Trinajstić information content (AvgIpc) is 2.59. The van der Waals surface area contributed by atoms with Crippen molar-refractivity contribution in [2.75, 3.05) is 0 Å². The molecule has 3 unspecified atom stereocenters. The molecule has 1 aromatic rings. The lowest BCUT2D eigenvalue weighted by molar-refractivity contribution is -0.159. The maximum Gasteiger partial charge on any atom is 0.329 e. The molecule has 1 amide bonds. The first-order chi connectivity index (χ1) is 12.3. The van der Waals surface area contributed by atoms with Crippen LogP contribution in [0.2, 0.25) is 0 Å². The summed E-state index contributed by atoms with van der Waals surface area (Å²) in [5.41, 5.74) is 0.553. The Hall–Kier alpha value is -1.84. The van der Waals surface area contributed by atoms with Gasteiger partial charge in [0, 0.05) is 5.56 Å². The van der Waals surface area contributed by atoms with Crippen LogP contribution in [0, 0.1) is 23.7 Å². The van der Waals surface area contributed by atoms with E-state index in [1.54, 1.807) is 12.1 Å². The number of amides is 1. The monoisotopic (exact) mass is 359 g/mol. The molecule has 1 saturated carbocycles. The first kappa shape index (κ1) is 20.5. The summed E-state index contributed by atoms with van der Waals surface area (Å²) in [6, 6.07) is 8.35. The molecular weight excluding hydrogens is 326 g/mol. The van der Waals surface area contributed by atoms with Crippen molar-refractivity contribution in [2.24, 2.45) is 23.7 Å². The standard InChI is InChI=1S/C22H33NO3/c1-14(2)18-12-11-16(5)13-19(18)26-22(25)20(15(3)4)23-21(24)17-9-7-6-8-10-17/h6-10,14-16,18-20H,11-13H2,1-5H3,(H,23,24)/t16?,18?,19?,20-/m0/s1.